The molecule has 1 N–H and O–H groups in total. The Labute approximate surface area is 159 Å². The Kier molecular flexibility index (Phi) is 5.90. The summed E-state index contributed by atoms with van der Waals surface area (Å²) in [6.45, 7) is 6.01. The van der Waals surface area contributed by atoms with Gasteiger partial charge in [0.05, 0.1) is 17.2 Å². The molecule has 0 saturated heterocycles. The van der Waals surface area contributed by atoms with Gasteiger partial charge in [-0.15, -0.1) is 17.9 Å². The van der Waals surface area contributed by atoms with E-state index in [0.29, 0.717) is 21.9 Å². The van der Waals surface area contributed by atoms with Gasteiger partial charge >= 0.3 is 0 Å². The molecule has 26 heavy (non-hydrogen) atoms. The van der Waals surface area contributed by atoms with Crippen molar-refractivity contribution in [2.24, 2.45) is 0 Å². The van der Waals surface area contributed by atoms with Crippen molar-refractivity contribution >= 4 is 39.2 Å². The van der Waals surface area contributed by atoms with Crippen LogP contribution in [0.3, 0.4) is 0 Å². The predicted molar refractivity (Wildman–Crippen MR) is 108 cm³/mol. The number of allylic oxidation sites excluding steroid dienone is 1. The van der Waals surface area contributed by atoms with Gasteiger partial charge in [-0.2, -0.15) is 0 Å². The van der Waals surface area contributed by atoms with Crippen LogP contribution in [0, 0.1) is 0 Å². The standard InChI is InChI=1S/C19H19N3O2S2/c1-3-10-22-18(24)15-9-11-25-17(15)21-19(22)26-12-16(23)20-13(2)14-7-5-4-6-8-14/h3-9,11,13H,1,10,12H2,2H3,(H,20,23). The Morgan fingerprint density at radius 3 is 2.88 bits per heavy atom. The zero-order valence-electron chi connectivity index (χ0n) is 14.3. The van der Waals surface area contributed by atoms with Crippen molar-refractivity contribution in [2.75, 3.05) is 5.75 Å². The summed E-state index contributed by atoms with van der Waals surface area (Å²) >= 11 is 2.68. The highest BCUT2D eigenvalue weighted by atomic mass is 32.2. The van der Waals surface area contributed by atoms with Crippen LogP contribution in [0.4, 0.5) is 0 Å². The third-order valence-electron chi connectivity index (χ3n) is 3.87. The first-order valence-electron chi connectivity index (χ1n) is 8.16. The number of hydrogen-bond donors (Lipinski definition) is 1. The summed E-state index contributed by atoms with van der Waals surface area (Å²) in [6.07, 6.45) is 1.66. The van der Waals surface area contributed by atoms with E-state index in [4.69, 9.17) is 0 Å². The normalized spacial score (nSPS) is 12.0. The number of nitrogens with one attached hydrogen (secondary N) is 1. The fraction of sp³-hybridized carbons (Fsp3) is 0.211. The lowest BCUT2D eigenvalue weighted by atomic mass is 10.1. The molecule has 3 aromatic rings. The maximum Gasteiger partial charge on any atom is 0.263 e. The van der Waals surface area contributed by atoms with E-state index in [1.807, 2.05) is 42.6 Å². The average molecular weight is 386 g/mol. The Morgan fingerprint density at radius 2 is 2.15 bits per heavy atom. The van der Waals surface area contributed by atoms with Gasteiger partial charge in [0.25, 0.3) is 5.56 Å². The number of benzene rings is 1. The molecule has 3 rings (SSSR count). The summed E-state index contributed by atoms with van der Waals surface area (Å²) in [6, 6.07) is 11.5. The van der Waals surface area contributed by atoms with E-state index in [-0.39, 0.29) is 23.3 Å². The number of fused-ring (bicyclic) bond motifs is 1. The molecule has 0 saturated carbocycles. The van der Waals surface area contributed by atoms with Crippen LogP contribution in [0.2, 0.25) is 0 Å². The number of carbonyl (C=O) groups excluding carboxylic acids is 1. The van der Waals surface area contributed by atoms with Crippen molar-refractivity contribution in [3.8, 4) is 0 Å². The lowest BCUT2D eigenvalue weighted by molar-refractivity contribution is -0.119. The van der Waals surface area contributed by atoms with Gasteiger partial charge in [-0.05, 0) is 23.9 Å². The van der Waals surface area contributed by atoms with Crippen LogP contribution in [0.25, 0.3) is 10.2 Å². The minimum absolute atomic E-state index is 0.0765. The van der Waals surface area contributed by atoms with Gasteiger partial charge in [0.2, 0.25) is 5.91 Å². The summed E-state index contributed by atoms with van der Waals surface area (Å²) in [5.74, 6) is 0.0921. The summed E-state index contributed by atoms with van der Waals surface area (Å²) in [4.78, 5) is 30.1. The van der Waals surface area contributed by atoms with Crippen molar-refractivity contribution < 1.29 is 4.79 Å². The molecule has 1 atom stereocenters. The SMILES string of the molecule is C=CCn1c(SCC(=O)NC(C)c2ccccc2)nc2sccc2c1=O. The van der Waals surface area contributed by atoms with Gasteiger partial charge in [-0.3, -0.25) is 14.2 Å². The minimum Gasteiger partial charge on any atom is -0.349 e. The fourth-order valence-corrected chi connectivity index (χ4v) is 4.19. The van der Waals surface area contributed by atoms with Crippen LogP contribution in [0.1, 0.15) is 18.5 Å². The number of carbonyl (C=O) groups is 1. The molecule has 134 valence electrons. The number of nitrogens with zero attached hydrogens (tertiary/aromatic N) is 2. The molecular weight excluding hydrogens is 366 g/mol. The summed E-state index contributed by atoms with van der Waals surface area (Å²) in [7, 11) is 0. The quantitative estimate of drug-likeness (QED) is 0.383. The molecule has 1 unspecified atom stereocenters. The molecule has 7 heteroatoms. The predicted octanol–water partition coefficient (Wildman–Crippen LogP) is 3.61. The minimum atomic E-state index is -0.100. The molecule has 1 aromatic carbocycles. The van der Waals surface area contributed by atoms with E-state index in [1.54, 1.807) is 16.7 Å². The van der Waals surface area contributed by atoms with Crippen LogP contribution in [-0.2, 0) is 11.3 Å². The fourth-order valence-electron chi connectivity index (χ4n) is 2.57. The Hall–Kier alpha value is -2.38. The van der Waals surface area contributed by atoms with Crippen molar-refractivity contribution in [3.63, 3.8) is 0 Å². The first-order valence-corrected chi connectivity index (χ1v) is 10.0. The van der Waals surface area contributed by atoms with Crippen LogP contribution in [-0.4, -0.2) is 21.2 Å². The molecule has 1 amide bonds. The maximum absolute atomic E-state index is 12.6. The van der Waals surface area contributed by atoms with Crippen molar-refractivity contribution in [2.45, 2.75) is 24.7 Å². The van der Waals surface area contributed by atoms with Gasteiger partial charge in [-0.1, -0.05) is 48.2 Å². The Balaban J connectivity index is 1.72. The highest BCUT2D eigenvalue weighted by Crippen LogP contribution is 2.21. The van der Waals surface area contributed by atoms with Gasteiger partial charge in [-0.25, -0.2) is 4.98 Å². The van der Waals surface area contributed by atoms with Crippen molar-refractivity contribution in [3.05, 3.63) is 70.4 Å². The lowest BCUT2D eigenvalue weighted by Crippen LogP contribution is -2.29. The van der Waals surface area contributed by atoms with E-state index in [0.717, 1.165) is 5.56 Å². The first kappa shape index (κ1) is 18.4. The van der Waals surface area contributed by atoms with E-state index in [9.17, 15) is 9.59 Å². The molecule has 0 aliphatic carbocycles. The first-order chi connectivity index (χ1) is 12.6. The van der Waals surface area contributed by atoms with Crippen molar-refractivity contribution in [1.29, 1.82) is 0 Å². The van der Waals surface area contributed by atoms with E-state index in [1.165, 1.54) is 23.1 Å². The van der Waals surface area contributed by atoms with Crippen LogP contribution in [0.15, 0.2) is 64.4 Å². The Bertz CT molecular complexity index is 979. The highest BCUT2D eigenvalue weighted by molar-refractivity contribution is 7.99. The molecule has 0 aliphatic rings. The number of aromatic nitrogens is 2. The number of rotatable bonds is 7. The third-order valence-corrected chi connectivity index (χ3v) is 5.65. The highest BCUT2D eigenvalue weighted by Gasteiger charge is 2.14. The number of thioether (sulfide) groups is 1. The van der Waals surface area contributed by atoms with Gasteiger partial charge in [0.15, 0.2) is 5.16 Å². The zero-order chi connectivity index (χ0) is 18.5. The van der Waals surface area contributed by atoms with Crippen LogP contribution in [0.5, 0.6) is 0 Å². The molecular formula is C19H19N3O2S2. The summed E-state index contributed by atoms with van der Waals surface area (Å²) < 4.78 is 1.56. The van der Waals surface area contributed by atoms with Crippen LogP contribution >= 0.6 is 23.1 Å². The molecule has 2 aromatic heterocycles. The van der Waals surface area contributed by atoms with Gasteiger partial charge in [0.1, 0.15) is 4.83 Å². The largest absolute Gasteiger partial charge is 0.349 e. The maximum atomic E-state index is 12.6. The van der Waals surface area contributed by atoms with Crippen molar-refractivity contribution in [1.82, 2.24) is 14.9 Å². The Morgan fingerprint density at radius 1 is 1.38 bits per heavy atom. The molecule has 0 aliphatic heterocycles. The monoisotopic (exact) mass is 385 g/mol. The molecule has 0 spiro atoms. The summed E-state index contributed by atoms with van der Waals surface area (Å²) in [5, 5.41) is 5.95. The van der Waals surface area contributed by atoms with E-state index >= 15 is 0 Å². The molecule has 0 radical (unpaired) electrons. The molecule has 5 nitrogen and oxygen atoms in total. The molecule has 2 heterocycles. The average Bonchev–Trinajstić information content (AvgIpc) is 3.12. The van der Waals surface area contributed by atoms with Gasteiger partial charge < -0.3 is 5.32 Å². The number of amides is 1. The third kappa shape index (κ3) is 4.05. The second kappa shape index (κ2) is 8.33. The van der Waals surface area contributed by atoms with Gasteiger partial charge in [0, 0.05) is 6.54 Å². The smallest absolute Gasteiger partial charge is 0.263 e. The summed E-state index contributed by atoms with van der Waals surface area (Å²) in [5.41, 5.74) is 0.948. The van der Waals surface area contributed by atoms with Crippen LogP contribution < -0.4 is 10.9 Å². The van der Waals surface area contributed by atoms with E-state index < -0.39 is 0 Å². The molecule has 0 bridgehead atoms. The lowest BCUT2D eigenvalue weighted by Gasteiger charge is -2.14. The second-order valence-corrected chi connectivity index (χ2v) is 7.56. The topological polar surface area (TPSA) is 64.0 Å². The number of thiophene rings is 1. The number of hydrogen-bond acceptors (Lipinski definition) is 5. The van der Waals surface area contributed by atoms with E-state index in [2.05, 4.69) is 16.9 Å². The zero-order valence-corrected chi connectivity index (χ0v) is 16.0. The molecule has 0 fully saturated rings. The second-order valence-electron chi connectivity index (χ2n) is 5.73.